The molecule has 1 heterocycles. The van der Waals surface area contributed by atoms with Crippen LogP contribution in [-0.4, -0.2) is 43.1 Å². The number of aliphatic imine (C=N–C) groups is 1. The fraction of sp³-hybridized carbons (Fsp3) is 0.632. The Morgan fingerprint density at radius 2 is 2.17 bits per heavy atom. The first-order chi connectivity index (χ1) is 11.1. The molecule has 0 amide bonds. The molecule has 1 aromatic carbocycles. The van der Waals surface area contributed by atoms with Crippen LogP contribution in [0, 0.1) is 19.8 Å². The minimum Gasteiger partial charge on any atom is -0.370 e. The summed E-state index contributed by atoms with van der Waals surface area (Å²) in [5.41, 5.74) is 3.92. The van der Waals surface area contributed by atoms with Gasteiger partial charge in [0.05, 0.1) is 13.2 Å². The molecule has 0 spiro atoms. The minimum absolute atomic E-state index is 0.129. The lowest BCUT2D eigenvalue weighted by Crippen LogP contribution is -2.49. The molecular formula is C19H29N3O. The molecule has 23 heavy (non-hydrogen) atoms. The monoisotopic (exact) mass is 315 g/mol. The van der Waals surface area contributed by atoms with E-state index in [4.69, 9.17) is 9.73 Å². The molecule has 1 N–H and O–H groups in total. The maximum absolute atomic E-state index is 6.06. The third-order valence-corrected chi connectivity index (χ3v) is 4.87. The molecular weight excluding hydrogens is 286 g/mol. The predicted molar refractivity (Wildman–Crippen MR) is 94.9 cm³/mol. The third-order valence-electron chi connectivity index (χ3n) is 4.87. The van der Waals surface area contributed by atoms with Crippen LogP contribution >= 0.6 is 0 Å². The highest BCUT2D eigenvalue weighted by molar-refractivity contribution is 5.80. The van der Waals surface area contributed by atoms with Crippen molar-refractivity contribution in [2.45, 2.75) is 46.3 Å². The summed E-state index contributed by atoms with van der Waals surface area (Å²) in [6.45, 7) is 12.1. The van der Waals surface area contributed by atoms with Gasteiger partial charge in [-0.15, -0.1) is 0 Å². The zero-order valence-corrected chi connectivity index (χ0v) is 14.8. The second-order valence-corrected chi connectivity index (χ2v) is 6.93. The van der Waals surface area contributed by atoms with Gasteiger partial charge < -0.3 is 15.0 Å². The SMILES string of the molecule is CCN=C(NC1CC1C)N1CCOC(c2ccc(C)cc2C)C1. The molecule has 0 aromatic heterocycles. The van der Waals surface area contributed by atoms with E-state index in [2.05, 4.69) is 56.1 Å². The molecule has 4 nitrogen and oxygen atoms in total. The number of guanidine groups is 1. The van der Waals surface area contributed by atoms with Crippen molar-refractivity contribution < 1.29 is 4.74 Å². The highest BCUT2D eigenvalue weighted by Crippen LogP contribution is 2.30. The van der Waals surface area contributed by atoms with Gasteiger partial charge in [-0.25, -0.2) is 0 Å². The summed E-state index contributed by atoms with van der Waals surface area (Å²) in [6.07, 6.45) is 1.39. The summed E-state index contributed by atoms with van der Waals surface area (Å²) in [5, 5.41) is 3.63. The minimum atomic E-state index is 0.129. The number of nitrogens with one attached hydrogen (secondary N) is 1. The normalized spacial score (nSPS) is 27.9. The lowest BCUT2D eigenvalue weighted by Gasteiger charge is -2.36. The van der Waals surface area contributed by atoms with E-state index >= 15 is 0 Å². The molecule has 0 radical (unpaired) electrons. The van der Waals surface area contributed by atoms with Gasteiger partial charge >= 0.3 is 0 Å². The van der Waals surface area contributed by atoms with Gasteiger partial charge in [0, 0.05) is 19.1 Å². The zero-order chi connectivity index (χ0) is 16.4. The highest BCUT2D eigenvalue weighted by atomic mass is 16.5. The van der Waals surface area contributed by atoms with E-state index in [1.165, 1.54) is 23.1 Å². The fourth-order valence-electron chi connectivity index (χ4n) is 3.29. The molecule has 3 atom stereocenters. The van der Waals surface area contributed by atoms with Crippen molar-refractivity contribution in [3.8, 4) is 0 Å². The number of rotatable bonds is 3. The van der Waals surface area contributed by atoms with Crippen LogP contribution in [0.3, 0.4) is 0 Å². The van der Waals surface area contributed by atoms with Gasteiger partial charge in [0.2, 0.25) is 0 Å². The first-order valence-electron chi connectivity index (χ1n) is 8.83. The quantitative estimate of drug-likeness (QED) is 0.688. The molecule has 1 aliphatic carbocycles. The van der Waals surface area contributed by atoms with Crippen molar-refractivity contribution in [1.82, 2.24) is 10.2 Å². The highest BCUT2D eigenvalue weighted by Gasteiger charge is 2.35. The average molecular weight is 315 g/mol. The fourth-order valence-corrected chi connectivity index (χ4v) is 3.29. The maximum atomic E-state index is 6.06. The van der Waals surface area contributed by atoms with Gasteiger partial charge in [0.1, 0.15) is 6.10 Å². The summed E-state index contributed by atoms with van der Waals surface area (Å²) in [4.78, 5) is 7.07. The van der Waals surface area contributed by atoms with E-state index in [0.29, 0.717) is 6.04 Å². The van der Waals surface area contributed by atoms with Crippen LogP contribution in [0.2, 0.25) is 0 Å². The average Bonchev–Trinajstić information content (AvgIpc) is 3.22. The van der Waals surface area contributed by atoms with Gasteiger partial charge in [0.25, 0.3) is 0 Å². The van der Waals surface area contributed by atoms with Gasteiger partial charge in [0.15, 0.2) is 5.96 Å². The lowest BCUT2D eigenvalue weighted by molar-refractivity contribution is -0.00840. The van der Waals surface area contributed by atoms with Gasteiger partial charge in [-0.3, -0.25) is 4.99 Å². The number of hydrogen-bond acceptors (Lipinski definition) is 2. The predicted octanol–water partition coefficient (Wildman–Crippen LogP) is 3.05. The summed E-state index contributed by atoms with van der Waals surface area (Å²) < 4.78 is 6.06. The molecule has 2 aliphatic rings. The first-order valence-corrected chi connectivity index (χ1v) is 8.83. The molecule has 1 saturated carbocycles. The van der Waals surface area contributed by atoms with Crippen molar-refractivity contribution in [3.63, 3.8) is 0 Å². The Balaban J connectivity index is 1.72. The molecule has 1 saturated heterocycles. The summed E-state index contributed by atoms with van der Waals surface area (Å²) in [5.74, 6) is 1.83. The second kappa shape index (κ2) is 6.91. The van der Waals surface area contributed by atoms with Crippen molar-refractivity contribution in [3.05, 3.63) is 34.9 Å². The molecule has 0 bridgehead atoms. The topological polar surface area (TPSA) is 36.9 Å². The van der Waals surface area contributed by atoms with Crippen LogP contribution in [0.15, 0.2) is 23.2 Å². The van der Waals surface area contributed by atoms with Crippen molar-refractivity contribution >= 4 is 5.96 Å². The van der Waals surface area contributed by atoms with E-state index in [1.54, 1.807) is 0 Å². The zero-order valence-electron chi connectivity index (χ0n) is 14.8. The van der Waals surface area contributed by atoms with Crippen molar-refractivity contribution in [2.24, 2.45) is 10.9 Å². The Morgan fingerprint density at radius 1 is 1.39 bits per heavy atom. The van der Waals surface area contributed by atoms with Crippen LogP contribution in [0.5, 0.6) is 0 Å². The molecule has 4 heteroatoms. The summed E-state index contributed by atoms with van der Waals surface area (Å²) in [7, 11) is 0. The van der Waals surface area contributed by atoms with E-state index in [9.17, 15) is 0 Å². The molecule has 2 fully saturated rings. The Bertz CT molecular complexity index is 584. The van der Waals surface area contributed by atoms with E-state index in [1.807, 2.05) is 0 Å². The number of hydrogen-bond donors (Lipinski definition) is 1. The van der Waals surface area contributed by atoms with Gasteiger partial charge in [-0.2, -0.15) is 0 Å². The van der Waals surface area contributed by atoms with Crippen molar-refractivity contribution in [1.29, 1.82) is 0 Å². The standard InChI is InChI=1S/C19H29N3O/c1-5-20-19(21-17-11-15(17)4)22-8-9-23-18(12-22)16-7-6-13(2)10-14(16)3/h6-7,10,15,17-18H,5,8-9,11-12H2,1-4H3,(H,20,21). The molecule has 3 unspecified atom stereocenters. The molecule has 1 aromatic rings. The number of aryl methyl sites for hydroxylation is 2. The third kappa shape index (κ3) is 3.86. The molecule has 126 valence electrons. The summed E-state index contributed by atoms with van der Waals surface area (Å²) in [6, 6.07) is 7.23. The van der Waals surface area contributed by atoms with E-state index in [0.717, 1.165) is 38.1 Å². The van der Waals surface area contributed by atoms with Crippen LogP contribution < -0.4 is 5.32 Å². The largest absolute Gasteiger partial charge is 0.370 e. The Morgan fingerprint density at radius 3 is 2.83 bits per heavy atom. The van der Waals surface area contributed by atoms with Crippen LogP contribution in [0.4, 0.5) is 0 Å². The van der Waals surface area contributed by atoms with E-state index < -0.39 is 0 Å². The Labute approximate surface area is 139 Å². The Hall–Kier alpha value is -1.55. The lowest BCUT2D eigenvalue weighted by atomic mass is 10.00. The van der Waals surface area contributed by atoms with Gasteiger partial charge in [-0.1, -0.05) is 30.7 Å². The molecule has 3 rings (SSSR count). The van der Waals surface area contributed by atoms with Crippen molar-refractivity contribution in [2.75, 3.05) is 26.2 Å². The van der Waals surface area contributed by atoms with Crippen LogP contribution in [0.1, 0.15) is 43.1 Å². The number of benzene rings is 1. The number of ether oxygens (including phenoxy) is 1. The van der Waals surface area contributed by atoms with Crippen LogP contribution in [-0.2, 0) is 4.74 Å². The number of morpholine rings is 1. The Kier molecular flexibility index (Phi) is 4.90. The van der Waals surface area contributed by atoms with Crippen LogP contribution in [0.25, 0.3) is 0 Å². The van der Waals surface area contributed by atoms with E-state index in [-0.39, 0.29) is 6.10 Å². The number of nitrogens with zero attached hydrogens (tertiary/aromatic N) is 2. The smallest absolute Gasteiger partial charge is 0.194 e. The maximum Gasteiger partial charge on any atom is 0.194 e. The summed E-state index contributed by atoms with van der Waals surface area (Å²) >= 11 is 0. The molecule has 1 aliphatic heterocycles. The van der Waals surface area contributed by atoms with Gasteiger partial charge in [-0.05, 0) is 44.2 Å². The first kappa shape index (κ1) is 16.3. The second-order valence-electron chi connectivity index (χ2n) is 6.93.